The number of amides is 1. The minimum atomic E-state index is -0.130. The Morgan fingerprint density at radius 2 is 2.38 bits per heavy atom. The standard InChI is InChI=1S/C10H16N2O/c1-2-9(7-8-3-4-8)12-10(13)5-6-11/h8-9H,2-5,7H2,1H3,(H,12,13). The number of carbonyl (C=O) groups excluding carboxylic acids is 1. The summed E-state index contributed by atoms with van der Waals surface area (Å²) in [4.78, 5) is 11.1. The molecule has 0 aromatic rings. The van der Waals surface area contributed by atoms with Gasteiger partial charge in [0.15, 0.2) is 0 Å². The van der Waals surface area contributed by atoms with Crippen molar-refractivity contribution >= 4 is 5.91 Å². The molecular weight excluding hydrogens is 164 g/mol. The van der Waals surface area contributed by atoms with Crippen LogP contribution in [0.25, 0.3) is 0 Å². The van der Waals surface area contributed by atoms with E-state index in [1.165, 1.54) is 12.8 Å². The average Bonchev–Trinajstić information content (AvgIpc) is 2.87. The highest BCUT2D eigenvalue weighted by molar-refractivity contribution is 5.78. The first-order chi connectivity index (χ1) is 6.26. The summed E-state index contributed by atoms with van der Waals surface area (Å²) in [6.07, 6.45) is 4.66. The molecule has 1 N–H and O–H groups in total. The number of carbonyl (C=O) groups is 1. The molecule has 0 radical (unpaired) electrons. The molecule has 0 heterocycles. The molecule has 3 nitrogen and oxygen atoms in total. The van der Waals surface area contributed by atoms with Crippen molar-refractivity contribution in [1.29, 1.82) is 5.26 Å². The number of hydrogen-bond donors (Lipinski definition) is 1. The van der Waals surface area contributed by atoms with E-state index in [-0.39, 0.29) is 18.4 Å². The largest absolute Gasteiger partial charge is 0.352 e. The quantitative estimate of drug-likeness (QED) is 0.698. The second kappa shape index (κ2) is 4.86. The van der Waals surface area contributed by atoms with Crippen LogP contribution in [0, 0.1) is 17.2 Å². The topological polar surface area (TPSA) is 52.9 Å². The van der Waals surface area contributed by atoms with Crippen LogP contribution in [-0.4, -0.2) is 11.9 Å². The van der Waals surface area contributed by atoms with Gasteiger partial charge in [0, 0.05) is 6.04 Å². The van der Waals surface area contributed by atoms with Gasteiger partial charge in [-0.3, -0.25) is 4.79 Å². The molecule has 1 rings (SSSR count). The second-order valence-corrected chi connectivity index (χ2v) is 3.69. The smallest absolute Gasteiger partial charge is 0.234 e. The second-order valence-electron chi connectivity index (χ2n) is 3.69. The van der Waals surface area contributed by atoms with Crippen LogP contribution in [0.1, 0.15) is 39.0 Å². The van der Waals surface area contributed by atoms with Crippen LogP contribution in [0.2, 0.25) is 0 Å². The van der Waals surface area contributed by atoms with Gasteiger partial charge in [0.1, 0.15) is 6.42 Å². The average molecular weight is 180 g/mol. The summed E-state index contributed by atoms with van der Waals surface area (Å²) in [5, 5.41) is 11.2. The van der Waals surface area contributed by atoms with E-state index in [4.69, 9.17) is 5.26 Å². The van der Waals surface area contributed by atoms with E-state index in [1.807, 2.05) is 6.07 Å². The van der Waals surface area contributed by atoms with Crippen LogP contribution in [0.4, 0.5) is 0 Å². The lowest BCUT2D eigenvalue weighted by molar-refractivity contribution is -0.120. The summed E-state index contributed by atoms with van der Waals surface area (Å²) in [6.45, 7) is 2.07. The monoisotopic (exact) mass is 180 g/mol. The lowest BCUT2D eigenvalue weighted by Gasteiger charge is -2.15. The SMILES string of the molecule is CCC(CC1CC1)NC(=O)CC#N. The predicted molar refractivity (Wildman–Crippen MR) is 49.8 cm³/mol. The molecule has 0 aliphatic heterocycles. The fourth-order valence-electron chi connectivity index (χ4n) is 1.43. The van der Waals surface area contributed by atoms with Gasteiger partial charge < -0.3 is 5.32 Å². The Hall–Kier alpha value is -1.04. The van der Waals surface area contributed by atoms with Gasteiger partial charge >= 0.3 is 0 Å². The number of nitrogens with zero attached hydrogens (tertiary/aromatic N) is 1. The van der Waals surface area contributed by atoms with E-state index in [0.717, 1.165) is 18.8 Å². The van der Waals surface area contributed by atoms with Crippen LogP contribution in [0.3, 0.4) is 0 Å². The van der Waals surface area contributed by atoms with Crippen molar-refractivity contribution in [2.45, 2.75) is 45.1 Å². The highest BCUT2D eigenvalue weighted by Gasteiger charge is 2.25. The van der Waals surface area contributed by atoms with Crippen molar-refractivity contribution in [3.05, 3.63) is 0 Å². The number of hydrogen-bond acceptors (Lipinski definition) is 2. The molecule has 1 unspecified atom stereocenters. The lowest BCUT2D eigenvalue weighted by Crippen LogP contribution is -2.34. The highest BCUT2D eigenvalue weighted by Crippen LogP contribution is 2.33. The molecule has 0 saturated heterocycles. The van der Waals surface area contributed by atoms with E-state index >= 15 is 0 Å². The minimum absolute atomic E-state index is 0.0127. The van der Waals surface area contributed by atoms with E-state index in [2.05, 4.69) is 12.2 Å². The first-order valence-corrected chi connectivity index (χ1v) is 4.92. The normalized spacial score (nSPS) is 17.5. The molecule has 0 spiro atoms. The fraction of sp³-hybridized carbons (Fsp3) is 0.800. The van der Waals surface area contributed by atoms with E-state index in [9.17, 15) is 4.79 Å². The van der Waals surface area contributed by atoms with Gasteiger partial charge in [-0.25, -0.2) is 0 Å². The maximum Gasteiger partial charge on any atom is 0.234 e. The van der Waals surface area contributed by atoms with Crippen molar-refractivity contribution < 1.29 is 4.79 Å². The molecule has 0 bridgehead atoms. The van der Waals surface area contributed by atoms with Crippen molar-refractivity contribution in [1.82, 2.24) is 5.32 Å². The molecule has 72 valence electrons. The zero-order valence-electron chi connectivity index (χ0n) is 8.05. The molecular formula is C10H16N2O. The molecule has 0 aromatic heterocycles. The molecule has 1 fully saturated rings. The van der Waals surface area contributed by atoms with E-state index < -0.39 is 0 Å². The lowest BCUT2D eigenvalue weighted by atomic mass is 10.1. The molecule has 1 amide bonds. The molecule has 1 aliphatic carbocycles. The summed E-state index contributed by atoms with van der Waals surface area (Å²) in [5.74, 6) is 0.697. The first-order valence-electron chi connectivity index (χ1n) is 4.92. The Bertz CT molecular complexity index is 215. The zero-order valence-corrected chi connectivity index (χ0v) is 8.05. The van der Waals surface area contributed by atoms with Crippen LogP contribution >= 0.6 is 0 Å². The highest BCUT2D eigenvalue weighted by atomic mass is 16.1. The Morgan fingerprint density at radius 1 is 1.69 bits per heavy atom. The first kappa shape index (κ1) is 10.0. The summed E-state index contributed by atoms with van der Waals surface area (Å²) in [7, 11) is 0. The maximum atomic E-state index is 11.1. The van der Waals surface area contributed by atoms with Gasteiger partial charge in [-0.2, -0.15) is 5.26 Å². The summed E-state index contributed by atoms with van der Waals surface area (Å²) >= 11 is 0. The number of nitriles is 1. The maximum absolute atomic E-state index is 11.1. The summed E-state index contributed by atoms with van der Waals surface area (Å²) in [6, 6.07) is 2.14. The van der Waals surface area contributed by atoms with Crippen molar-refractivity contribution in [3.8, 4) is 6.07 Å². The Kier molecular flexibility index (Phi) is 3.75. The minimum Gasteiger partial charge on any atom is -0.352 e. The Morgan fingerprint density at radius 3 is 2.85 bits per heavy atom. The molecule has 1 saturated carbocycles. The van der Waals surface area contributed by atoms with Crippen LogP contribution in [0.5, 0.6) is 0 Å². The zero-order chi connectivity index (χ0) is 9.68. The van der Waals surface area contributed by atoms with Crippen molar-refractivity contribution in [2.24, 2.45) is 5.92 Å². The van der Waals surface area contributed by atoms with Crippen molar-refractivity contribution in [2.75, 3.05) is 0 Å². The Labute approximate surface area is 79.1 Å². The van der Waals surface area contributed by atoms with E-state index in [0.29, 0.717) is 0 Å². The predicted octanol–water partition coefficient (Wildman–Crippen LogP) is 1.59. The van der Waals surface area contributed by atoms with Crippen LogP contribution < -0.4 is 5.32 Å². The molecule has 1 atom stereocenters. The van der Waals surface area contributed by atoms with Crippen LogP contribution in [-0.2, 0) is 4.79 Å². The van der Waals surface area contributed by atoms with Gasteiger partial charge in [0.25, 0.3) is 0 Å². The van der Waals surface area contributed by atoms with Gasteiger partial charge in [-0.15, -0.1) is 0 Å². The Balaban J connectivity index is 2.21. The fourth-order valence-corrected chi connectivity index (χ4v) is 1.43. The third-order valence-electron chi connectivity index (χ3n) is 2.41. The molecule has 0 aromatic carbocycles. The third kappa shape index (κ3) is 3.93. The summed E-state index contributed by atoms with van der Waals surface area (Å²) < 4.78 is 0. The van der Waals surface area contributed by atoms with Crippen LogP contribution in [0.15, 0.2) is 0 Å². The van der Waals surface area contributed by atoms with Gasteiger partial charge in [0.05, 0.1) is 6.07 Å². The van der Waals surface area contributed by atoms with Crippen molar-refractivity contribution in [3.63, 3.8) is 0 Å². The van der Waals surface area contributed by atoms with Gasteiger partial charge in [-0.05, 0) is 18.8 Å². The van der Waals surface area contributed by atoms with Gasteiger partial charge in [0.2, 0.25) is 5.91 Å². The number of nitrogens with one attached hydrogen (secondary N) is 1. The molecule has 13 heavy (non-hydrogen) atoms. The molecule has 3 heteroatoms. The number of rotatable bonds is 5. The summed E-state index contributed by atoms with van der Waals surface area (Å²) in [5.41, 5.74) is 0. The third-order valence-corrected chi connectivity index (χ3v) is 2.41. The van der Waals surface area contributed by atoms with Gasteiger partial charge in [-0.1, -0.05) is 19.8 Å². The van der Waals surface area contributed by atoms with E-state index in [1.54, 1.807) is 0 Å². The molecule has 1 aliphatic rings.